The Balaban J connectivity index is 2.29. The Morgan fingerprint density at radius 3 is 2.56 bits per heavy atom. The topological polar surface area (TPSA) is 17.8 Å². The lowest BCUT2D eigenvalue weighted by Crippen LogP contribution is -2.08. The summed E-state index contributed by atoms with van der Waals surface area (Å²) in [5.41, 5.74) is 2.68. The third-order valence-electron chi connectivity index (χ3n) is 2.91. The minimum atomic E-state index is 0.424. The van der Waals surface area contributed by atoms with Crippen molar-refractivity contribution < 1.29 is 0 Å². The molecule has 2 nitrogen and oxygen atoms in total. The molecule has 1 aromatic carbocycles. The maximum absolute atomic E-state index is 4.13. The molecule has 0 aliphatic carbocycles. The minimum Gasteiger partial charge on any atom is -0.330 e. The fraction of sp³-hybridized carbons (Fsp3) is 0.357. The number of hydrogen-bond acceptors (Lipinski definition) is 1. The van der Waals surface area contributed by atoms with Crippen molar-refractivity contribution >= 4 is 0 Å². The minimum absolute atomic E-state index is 0.424. The zero-order chi connectivity index (χ0) is 11.4. The molecule has 0 aliphatic rings. The van der Waals surface area contributed by atoms with Gasteiger partial charge in [0.1, 0.15) is 0 Å². The highest BCUT2D eigenvalue weighted by Gasteiger charge is 2.11. The van der Waals surface area contributed by atoms with Gasteiger partial charge in [0, 0.05) is 12.4 Å². The Bertz CT molecular complexity index is 415. The largest absolute Gasteiger partial charge is 0.330 e. The molecule has 1 heterocycles. The van der Waals surface area contributed by atoms with Gasteiger partial charge in [0.2, 0.25) is 0 Å². The van der Waals surface area contributed by atoms with Crippen LogP contribution in [0.15, 0.2) is 43.0 Å². The third kappa shape index (κ3) is 2.32. The monoisotopic (exact) mass is 214 g/mol. The molecule has 2 heteroatoms. The molecule has 1 unspecified atom stereocenters. The maximum atomic E-state index is 4.13. The van der Waals surface area contributed by atoms with Gasteiger partial charge in [0.15, 0.2) is 0 Å². The quantitative estimate of drug-likeness (QED) is 0.760. The molecule has 0 bridgehead atoms. The molecule has 1 aromatic heterocycles. The average Bonchev–Trinajstić information content (AvgIpc) is 2.81. The summed E-state index contributed by atoms with van der Waals surface area (Å²) in [6.07, 6.45) is 8.12. The van der Waals surface area contributed by atoms with E-state index in [1.807, 2.05) is 18.7 Å². The molecule has 0 N–H and O–H groups in total. The van der Waals surface area contributed by atoms with E-state index >= 15 is 0 Å². The first-order chi connectivity index (χ1) is 7.81. The fourth-order valence-corrected chi connectivity index (χ4v) is 2.00. The van der Waals surface area contributed by atoms with Crippen LogP contribution in [0, 0.1) is 6.92 Å². The van der Waals surface area contributed by atoms with Gasteiger partial charge in [-0.1, -0.05) is 43.2 Å². The highest BCUT2D eigenvalue weighted by molar-refractivity contribution is 5.24. The van der Waals surface area contributed by atoms with E-state index in [-0.39, 0.29) is 0 Å². The van der Waals surface area contributed by atoms with E-state index in [2.05, 4.69) is 47.7 Å². The van der Waals surface area contributed by atoms with E-state index in [1.54, 1.807) is 0 Å². The van der Waals surface area contributed by atoms with Crippen molar-refractivity contribution in [2.75, 3.05) is 0 Å². The smallest absolute Gasteiger partial charge is 0.0951 e. The van der Waals surface area contributed by atoms with Gasteiger partial charge in [-0.3, -0.25) is 0 Å². The average molecular weight is 214 g/mol. The van der Waals surface area contributed by atoms with Crippen LogP contribution in [0.25, 0.3) is 0 Å². The van der Waals surface area contributed by atoms with Crippen LogP contribution < -0.4 is 0 Å². The van der Waals surface area contributed by atoms with Gasteiger partial charge < -0.3 is 4.57 Å². The molecule has 0 aliphatic heterocycles. The van der Waals surface area contributed by atoms with Gasteiger partial charge in [0.25, 0.3) is 0 Å². The number of imidazole rings is 1. The molecule has 0 saturated carbocycles. The molecule has 0 saturated heterocycles. The molecule has 16 heavy (non-hydrogen) atoms. The summed E-state index contributed by atoms with van der Waals surface area (Å²) in [7, 11) is 0. The van der Waals surface area contributed by atoms with E-state index in [0.717, 1.165) is 6.42 Å². The second-order valence-electron chi connectivity index (χ2n) is 4.23. The van der Waals surface area contributed by atoms with Gasteiger partial charge in [-0.2, -0.15) is 0 Å². The van der Waals surface area contributed by atoms with Crippen LogP contribution in [-0.2, 0) is 0 Å². The molecule has 0 amide bonds. The lowest BCUT2D eigenvalue weighted by Gasteiger charge is -2.18. The normalized spacial score (nSPS) is 12.6. The Hall–Kier alpha value is -1.57. The summed E-state index contributed by atoms with van der Waals surface area (Å²) in [5, 5.41) is 0. The van der Waals surface area contributed by atoms with Gasteiger partial charge in [-0.15, -0.1) is 0 Å². The van der Waals surface area contributed by atoms with Crippen LogP contribution in [0.3, 0.4) is 0 Å². The highest BCUT2D eigenvalue weighted by atomic mass is 15.0. The van der Waals surface area contributed by atoms with Crippen molar-refractivity contribution in [3.63, 3.8) is 0 Å². The van der Waals surface area contributed by atoms with Crippen LogP contribution in [0.2, 0.25) is 0 Å². The van der Waals surface area contributed by atoms with Crippen molar-refractivity contribution in [2.24, 2.45) is 0 Å². The Morgan fingerprint density at radius 2 is 2.00 bits per heavy atom. The van der Waals surface area contributed by atoms with E-state index < -0.39 is 0 Å². The lowest BCUT2D eigenvalue weighted by atomic mass is 10.0. The Labute approximate surface area is 97.0 Å². The van der Waals surface area contributed by atoms with E-state index in [4.69, 9.17) is 0 Å². The van der Waals surface area contributed by atoms with Crippen molar-refractivity contribution in [1.29, 1.82) is 0 Å². The fourth-order valence-electron chi connectivity index (χ4n) is 2.00. The van der Waals surface area contributed by atoms with Crippen LogP contribution in [0.1, 0.15) is 36.9 Å². The summed E-state index contributed by atoms with van der Waals surface area (Å²) in [6.45, 7) is 4.34. The summed E-state index contributed by atoms with van der Waals surface area (Å²) in [4.78, 5) is 4.13. The maximum Gasteiger partial charge on any atom is 0.0951 e. The van der Waals surface area contributed by atoms with Crippen molar-refractivity contribution in [1.82, 2.24) is 9.55 Å². The van der Waals surface area contributed by atoms with Crippen molar-refractivity contribution in [2.45, 2.75) is 32.7 Å². The highest BCUT2D eigenvalue weighted by Crippen LogP contribution is 2.23. The molecule has 2 aromatic rings. The number of rotatable bonds is 4. The van der Waals surface area contributed by atoms with E-state index in [9.17, 15) is 0 Å². The first-order valence-corrected chi connectivity index (χ1v) is 5.85. The summed E-state index contributed by atoms with van der Waals surface area (Å²) in [5.74, 6) is 0. The second kappa shape index (κ2) is 4.97. The lowest BCUT2D eigenvalue weighted by molar-refractivity contribution is 0.532. The van der Waals surface area contributed by atoms with Crippen LogP contribution in [0.4, 0.5) is 0 Å². The predicted octanol–water partition coefficient (Wildman–Crippen LogP) is 3.58. The number of aromatic nitrogens is 2. The number of benzene rings is 1. The third-order valence-corrected chi connectivity index (χ3v) is 2.91. The van der Waals surface area contributed by atoms with Gasteiger partial charge in [-0.25, -0.2) is 4.98 Å². The van der Waals surface area contributed by atoms with Gasteiger partial charge in [0.05, 0.1) is 12.4 Å². The van der Waals surface area contributed by atoms with Crippen molar-refractivity contribution in [3.8, 4) is 0 Å². The number of aryl methyl sites for hydroxylation is 1. The standard InChI is InChI=1S/C14H18N2/c1-3-4-14(16-10-9-15-11-16)13-7-5-12(2)6-8-13/h5-11,14H,3-4H2,1-2H3. The Morgan fingerprint density at radius 1 is 1.25 bits per heavy atom. The molecule has 0 fully saturated rings. The van der Waals surface area contributed by atoms with Gasteiger partial charge in [-0.05, 0) is 18.9 Å². The van der Waals surface area contributed by atoms with Gasteiger partial charge >= 0.3 is 0 Å². The predicted molar refractivity (Wildman–Crippen MR) is 66.5 cm³/mol. The molecule has 0 radical (unpaired) electrons. The number of nitrogens with zero attached hydrogens (tertiary/aromatic N) is 2. The van der Waals surface area contributed by atoms with E-state index in [1.165, 1.54) is 17.5 Å². The summed E-state index contributed by atoms with van der Waals surface area (Å²) in [6, 6.07) is 9.21. The zero-order valence-corrected chi connectivity index (χ0v) is 9.93. The van der Waals surface area contributed by atoms with Crippen LogP contribution in [-0.4, -0.2) is 9.55 Å². The van der Waals surface area contributed by atoms with Crippen LogP contribution >= 0.6 is 0 Å². The molecular weight excluding hydrogens is 196 g/mol. The molecular formula is C14H18N2. The Kier molecular flexibility index (Phi) is 3.40. The number of hydrogen-bond donors (Lipinski definition) is 0. The molecule has 2 rings (SSSR count). The first kappa shape index (κ1) is 10.9. The second-order valence-corrected chi connectivity index (χ2v) is 4.23. The van der Waals surface area contributed by atoms with Crippen LogP contribution in [0.5, 0.6) is 0 Å². The summed E-state index contributed by atoms with van der Waals surface area (Å²) < 4.78 is 2.19. The first-order valence-electron chi connectivity index (χ1n) is 5.85. The molecule has 84 valence electrons. The molecule has 1 atom stereocenters. The SMILES string of the molecule is CCCC(c1ccc(C)cc1)n1ccnc1. The van der Waals surface area contributed by atoms with Crippen molar-refractivity contribution in [3.05, 3.63) is 54.1 Å². The summed E-state index contributed by atoms with van der Waals surface area (Å²) >= 11 is 0. The van der Waals surface area contributed by atoms with E-state index in [0.29, 0.717) is 6.04 Å². The molecule has 0 spiro atoms. The zero-order valence-electron chi connectivity index (χ0n) is 9.93.